The Balaban J connectivity index is 2.48. The van der Waals surface area contributed by atoms with Crippen molar-refractivity contribution < 1.29 is 13.2 Å². The molecule has 2 N–H and O–H groups in total. The van der Waals surface area contributed by atoms with Gasteiger partial charge in [0.05, 0.1) is 0 Å². The molecule has 2 aromatic rings. The zero-order valence-electron chi connectivity index (χ0n) is 10.9. The van der Waals surface area contributed by atoms with Crippen molar-refractivity contribution in [2.24, 2.45) is 5.14 Å². The fourth-order valence-corrected chi connectivity index (χ4v) is 3.79. The van der Waals surface area contributed by atoms with Crippen LogP contribution < -0.4 is 9.88 Å². The maximum absolute atomic E-state index is 11.6. The van der Waals surface area contributed by atoms with Crippen molar-refractivity contribution in [3.63, 3.8) is 0 Å². The first-order chi connectivity index (χ1) is 8.80. The first-order valence-corrected chi connectivity index (χ1v) is 8.08. The van der Waals surface area contributed by atoms with E-state index in [0.29, 0.717) is 16.4 Å². The fourth-order valence-electron chi connectivity index (χ4n) is 1.79. The van der Waals surface area contributed by atoms with Crippen molar-refractivity contribution in [3.8, 4) is 11.5 Å². The summed E-state index contributed by atoms with van der Waals surface area (Å²) in [5.74, 6) is 0.932. The number of hydrogen-bond acceptors (Lipinski definition) is 4. The van der Waals surface area contributed by atoms with E-state index >= 15 is 0 Å². The largest absolute Gasteiger partial charge is 0.455 e. The first-order valence-electron chi connectivity index (χ1n) is 5.65. The van der Waals surface area contributed by atoms with Gasteiger partial charge < -0.3 is 4.74 Å². The highest BCUT2D eigenvalue weighted by Gasteiger charge is 2.21. The summed E-state index contributed by atoms with van der Waals surface area (Å²) in [5, 5.41) is 6.89. The monoisotopic (exact) mass is 297 g/mol. The van der Waals surface area contributed by atoms with Gasteiger partial charge in [-0.25, -0.2) is 13.6 Å². The molecule has 2 rings (SSSR count). The van der Waals surface area contributed by atoms with Crippen molar-refractivity contribution in [2.45, 2.75) is 25.7 Å². The van der Waals surface area contributed by atoms with Crippen LogP contribution in [-0.2, 0) is 10.0 Å². The number of aryl methyl sites for hydroxylation is 2. The van der Waals surface area contributed by atoms with Gasteiger partial charge in [-0.1, -0.05) is 12.1 Å². The van der Waals surface area contributed by atoms with E-state index in [0.717, 1.165) is 11.1 Å². The number of rotatable bonds is 3. The van der Waals surface area contributed by atoms with Gasteiger partial charge in [-0.2, -0.15) is 0 Å². The predicted molar refractivity (Wildman–Crippen MR) is 76.4 cm³/mol. The van der Waals surface area contributed by atoms with Crippen molar-refractivity contribution >= 4 is 21.4 Å². The van der Waals surface area contributed by atoms with Crippen LogP contribution in [0.15, 0.2) is 28.5 Å². The highest BCUT2D eigenvalue weighted by atomic mass is 32.2. The Morgan fingerprint density at radius 1 is 1.16 bits per heavy atom. The van der Waals surface area contributed by atoms with Crippen LogP contribution in [0.2, 0.25) is 0 Å². The van der Waals surface area contributed by atoms with Crippen LogP contribution in [-0.4, -0.2) is 8.42 Å². The molecule has 0 aliphatic carbocycles. The number of benzene rings is 1. The zero-order valence-corrected chi connectivity index (χ0v) is 12.6. The number of ether oxygens (including phenoxy) is 1. The molecule has 102 valence electrons. The van der Waals surface area contributed by atoms with Gasteiger partial charge in [0.2, 0.25) is 10.0 Å². The fraction of sp³-hybridized carbons (Fsp3) is 0.231. The second-order valence-electron chi connectivity index (χ2n) is 4.33. The van der Waals surface area contributed by atoms with E-state index in [1.165, 1.54) is 11.3 Å². The molecule has 0 unspecified atom stereocenters. The summed E-state index contributed by atoms with van der Waals surface area (Å²) in [4.78, 5) is 0.696. The van der Waals surface area contributed by atoms with Crippen LogP contribution >= 0.6 is 11.3 Å². The number of primary sulfonamides is 1. The summed E-state index contributed by atoms with van der Waals surface area (Å²) >= 11 is 1.30. The van der Waals surface area contributed by atoms with E-state index in [1.807, 2.05) is 32.0 Å². The Morgan fingerprint density at radius 3 is 2.47 bits per heavy atom. The van der Waals surface area contributed by atoms with Crippen LogP contribution in [0.4, 0.5) is 0 Å². The highest BCUT2D eigenvalue weighted by molar-refractivity contribution is 7.89. The van der Waals surface area contributed by atoms with Gasteiger partial charge >= 0.3 is 0 Å². The molecule has 1 heterocycles. The average molecular weight is 297 g/mol. The van der Waals surface area contributed by atoms with Gasteiger partial charge in [0.1, 0.15) is 10.6 Å². The van der Waals surface area contributed by atoms with Crippen LogP contribution in [0, 0.1) is 20.8 Å². The van der Waals surface area contributed by atoms with E-state index in [2.05, 4.69) is 0 Å². The molecule has 0 radical (unpaired) electrons. The van der Waals surface area contributed by atoms with Crippen LogP contribution in [0.3, 0.4) is 0 Å². The van der Waals surface area contributed by atoms with Crippen molar-refractivity contribution in [1.82, 2.24) is 0 Å². The highest BCUT2D eigenvalue weighted by Crippen LogP contribution is 2.36. The van der Waals surface area contributed by atoms with Gasteiger partial charge in [-0.15, -0.1) is 11.3 Å². The maximum Gasteiger partial charge on any atom is 0.242 e. The molecule has 1 aromatic heterocycles. The Labute approximate surface area is 116 Å². The van der Waals surface area contributed by atoms with Gasteiger partial charge in [-0.05, 0) is 38.0 Å². The molecule has 0 saturated carbocycles. The SMILES string of the molecule is Cc1cccc(Oc2csc(C)c2S(N)(=O)=O)c1C. The molecule has 1 aromatic carbocycles. The third kappa shape index (κ3) is 2.80. The minimum absolute atomic E-state index is 0.0680. The molecule has 0 amide bonds. The molecule has 0 spiro atoms. The Morgan fingerprint density at radius 2 is 1.84 bits per heavy atom. The van der Waals surface area contributed by atoms with Gasteiger partial charge in [0, 0.05) is 10.3 Å². The van der Waals surface area contributed by atoms with Gasteiger partial charge in [0.25, 0.3) is 0 Å². The van der Waals surface area contributed by atoms with E-state index in [-0.39, 0.29) is 4.90 Å². The molecule has 4 nitrogen and oxygen atoms in total. The van der Waals surface area contributed by atoms with Crippen molar-refractivity contribution in [3.05, 3.63) is 39.6 Å². The van der Waals surface area contributed by atoms with Crippen LogP contribution in [0.5, 0.6) is 11.5 Å². The first kappa shape index (κ1) is 14.0. The number of thiophene rings is 1. The number of sulfonamides is 1. The van der Waals surface area contributed by atoms with Crippen LogP contribution in [0.1, 0.15) is 16.0 Å². The molecule has 0 saturated heterocycles. The summed E-state index contributed by atoms with van der Waals surface area (Å²) in [5.41, 5.74) is 2.06. The lowest BCUT2D eigenvalue weighted by molar-refractivity contribution is 0.466. The smallest absolute Gasteiger partial charge is 0.242 e. The van der Waals surface area contributed by atoms with Gasteiger partial charge in [0.15, 0.2) is 5.75 Å². The molecule has 19 heavy (non-hydrogen) atoms. The molecule has 0 aliphatic rings. The lowest BCUT2D eigenvalue weighted by atomic mass is 10.1. The molecular weight excluding hydrogens is 282 g/mol. The third-order valence-electron chi connectivity index (χ3n) is 2.95. The summed E-state index contributed by atoms with van der Waals surface area (Å²) in [6, 6.07) is 5.65. The molecule has 0 atom stereocenters. The lowest BCUT2D eigenvalue weighted by Gasteiger charge is -2.10. The lowest BCUT2D eigenvalue weighted by Crippen LogP contribution is -2.13. The Bertz CT molecular complexity index is 717. The van der Waals surface area contributed by atoms with E-state index in [1.54, 1.807) is 12.3 Å². The third-order valence-corrected chi connectivity index (χ3v) is 5.04. The van der Waals surface area contributed by atoms with Crippen LogP contribution in [0.25, 0.3) is 0 Å². The average Bonchev–Trinajstić information content (AvgIpc) is 2.66. The summed E-state index contributed by atoms with van der Waals surface area (Å²) < 4.78 is 28.9. The Kier molecular flexibility index (Phi) is 3.66. The second kappa shape index (κ2) is 4.96. The standard InChI is InChI=1S/C13H15NO3S2/c1-8-5-4-6-11(9(8)2)17-12-7-18-10(3)13(12)19(14,15)16/h4-7H,1-3H3,(H2,14,15,16). The van der Waals surface area contributed by atoms with Gasteiger partial charge in [-0.3, -0.25) is 0 Å². The minimum Gasteiger partial charge on any atom is -0.455 e. The topological polar surface area (TPSA) is 69.4 Å². The Hall–Kier alpha value is -1.37. The predicted octanol–water partition coefficient (Wildman–Crippen LogP) is 3.11. The molecule has 6 heteroatoms. The van der Waals surface area contributed by atoms with E-state index in [4.69, 9.17) is 9.88 Å². The van der Waals surface area contributed by atoms with Crippen molar-refractivity contribution in [2.75, 3.05) is 0 Å². The summed E-state index contributed by atoms with van der Waals surface area (Å²) in [6.07, 6.45) is 0. The molecule has 0 fully saturated rings. The maximum atomic E-state index is 11.6. The zero-order chi connectivity index (χ0) is 14.2. The van der Waals surface area contributed by atoms with E-state index < -0.39 is 10.0 Å². The van der Waals surface area contributed by atoms with E-state index in [9.17, 15) is 8.42 Å². The molecular formula is C13H15NO3S2. The molecule has 0 bridgehead atoms. The second-order valence-corrected chi connectivity index (χ2v) is 6.91. The molecule has 0 aliphatic heterocycles. The summed E-state index contributed by atoms with van der Waals surface area (Å²) in [7, 11) is -3.78. The quantitative estimate of drug-likeness (QED) is 0.946. The normalized spacial score (nSPS) is 11.6. The summed E-state index contributed by atoms with van der Waals surface area (Å²) in [6.45, 7) is 5.61. The number of hydrogen-bond donors (Lipinski definition) is 1. The number of nitrogens with two attached hydrogens (primary N) is 1. The van der Waals surface area contributed by atoms with Crippen molar-refractivity contribution in [1.29, 1.82) is 0 Å². The minimum atomic E-state index is -3.78.